The van der Waals surface area contributed by atoms with Crippen molar-refractivity contribution in [3.8, 4) is 11.5 Å². The summed E-state index contributed by atoms with van der Waals surface area (Å²) in [6, 6.07) is 10.8. The maximum Gasteiger partial charge on any atom is 0.126 e. The lowest BCUT2D eigenvalue weighted by Gasteiger charge is -2.40. The van der Waals surface area contributed by atoms with Crippen molar-refractivity contribution in [1.82, 2.24) is 4.98 Å². The normalized spacial score (nSPS) is 18.1. The second-order valence-corrected chi connectivity index (χ2v) is 8.09. The first kappa shape index (κ1) is 19.8. The zero-order chi connectivity index (χ0) is 20.4. The molecule has 2 aromatic carbocycles. The largest absolute Gasteiger partial charge is 0.496 e. The molecule has 0 spiro atoms. The number of nitrogens with two attached hydrogens (primary N) is 1. The molecular weight excluding hydrogens is 367 g/mol. The molecule has 0 fully saturated rings. The maximum atomic E-state index is 13.6. The van der Waals surface area contributed by atoms with Gasteiger partial charge in [0.15, 0.2) is 0 Å². The first-order chi connectivity index (χ1) is 14.0. The van der Waals surface area contributed by atoms with E-state index in [-0.39, 0.29) is 17.3 Å². The molecule has 0 radical (unpaired) electrons. The molecule has 2 heterocycles. The van der Waals surface area contributed by atoms with Gasteiger partial charge < -0.3 is 20.2 Å². The van der Waals surface area contributed by atoms with Crippen molar-refractivity contribution in [2.75, 3.05) is 13.7 Å². The van der Waals surface area contributed by atoms with Crippen LogP contribution in [0.25, 0.3) is 10.9 Å². The second kappa shape index (κ2) is 8.07. The molecular formula is C24H29FN2O2. The van der Waals surface area contributed by atoms with Crippen molar-refractivity contribution in [1.29, 1.82) is 0 Å². The Balaban J connectivity index is 1.46. The summed E-state index contributed by atoms with van der Waals surface area (Å²) >= 11 is 0. The first-order valence-electron chi connectivity index (χ1n) is 10.4. The number of aromatic amines is 1. The van der Waals surface area contributed by atoms with Crippen LogP contribution in [-0.4, -0.2) is 24.2 Å². The van der Waals surface area contributed by atoms with Gasteiger partial charge in [0.05, 0.1) is 13.7 Å². The number of methoxy groups -OCH3 is 1. The molecule has 1 aliphatic rings. The highest BCUT2D eigenvalue weighted by Gasteiger charge is 2.37. The molecule has 3 N–H and O–H groups in total. The fraction of sp³-hybridized carbons (Fsp3) is 0.417. The van der Waals surface area contributed by atoms with E-state index in [1.54, 1.807) is 19.2 Å². The van der Waals surface area contributed by atoms with Gasteiger partial charge >= 0.3 is 0 Å². The lowest BCUT2D eigenvalue weighted by molar-refractivity contribution is 0.132. The van der Waals surface area contributed by atoms with Crippen molar-refractivity contribution in [2.24, 2.45) is 11.7 Å². The number of benzene rings is 2. The summed E-state index contributed by atoms with van der Waals surface area (Å²) in [5, 5.41) is 0.962. The molecule has 0 amide bonds. The van der Waals surface area contributed by atoms with Crippen molar-refractivity contribution >= 4 is 10.9 Å². The molecule has 0 aliphatic carbocycles. The van der Waals surface area contributed by atoms with Crippen LogP contribution in [0.4, 0.5) is 4.39 Å². The van der Waals surface area contributed by atoms with Gasteiger partial charge in [-0.1, -0.05) is 13.0 Å². The van der Waals surface area contributed by atoms with Crippen LogP contribution in [0.5, 0.6) is 11.5 Å². The summed E-state index contributed by atoms with van der Waals surface area (Å²) in [6.07, 6.45) is 6.44. The van der Waals surface area contributed by atoms with Crippen molar-refractivity contribution < 1.29 is 13.9 Å². The van der Waals surface area contributed by atoms with Crippen LogP contribution in [0.3, 0.4) is 0 Å². The highest BCUT2D eigenvalue weighted by Crippen LogP contribution is 2.39. The molecule has 1 aliphatic heterocycles. The van der Waals surface area contributed by atoms with Crippen LogP contribution in [0.2, 0.25) is 0 Å². The standard InChI is InChI=1S/C24H29FN2O2/c1-3-24(26,17-12-20-22(28-2)7-4-8-23(20)29-15-17)11-5-6-16-14-27-21-10-9-18(25)13-19(16)21/h4,7-10,13-14,17,27H,3,5-6,11-12,15,26H2,1-2H3/t17-,24?/m1/s1. The number of halogens is 1. The molecule has 0 saturated heterocycles. The predicted molar refractivity (Wildman–Crippen MR) is 114 cm³/mol. The molecule has 29 heavy (non-hydrogen) atoms. The zero-order valence-corrected chi connectivity index (χ0v) is 17.1. The topological polar surface area (TPSA) is 60.3 Å². The van der Waals surface area contributed by atoms with E-state index in [0.29, 0.717) is 6.61 Å². The minimum absolute atomic E-state index is 0.202. The van der Waals surface area contributed by atoms with E-state index < -0.39 is 0 Å². The van der Waals surface area contributed by atoms with Crippen molar-refractivity contribution in [3.63, 3.8) is 0 Å². The van der Waals surface area contributed by atoms with Crippen molar-refractivity contribution in [2.45, 2.75) is 44.6 Å². The molecule has 0 bridgehead atoms. The quantitative estimate of drug-likeness (QED) is 0.591. The summed E-state index contributed by atoms with van der Waals surface area (Å²) < 4.78 is 25.2. The molecule has 1 aromatic heterocycles. The third kappa shape index (κ3) is 3.84. The van der Waals surface area contributed by atoms with Gasteiger partial charge in [0.25, 0.3) is 0 Å². The van der Waals surface area contributed by atoms with Crippen LogP contribution in [0.1, 0.15) is 37.3 Å². The summed E-state index contributed by atoms with van der Waals surface area (Å²) in [5.41, 5.74) is 9.83. The second-order valence-electron chi connectivity index (χ2n) is 8.09. The number of nitrogens with one attached hydrogen (secondary N) is 1. The van der Waals surface area contributed by atoms with E-state index in [4.69, 9.17) is 15.2 Å². The van der Waals surface area contributed by atoms with Crippen LogP contribution < -0.4 is 15.2 Å². The molecule has 5 heteroatoms. The Labute approximate surface area is 171 Å². The Morgan fingerprint density at radius 2 is 2.17 bits per heavy atom. The van der Waals surface area contributed by atoms with E-state index in [0.717, 1.165) is 65.6 Å². The SMILES string of the molecule is CCC(N)(CCCc1c[nH]c2ccc(F)cc12)[C@H]1COc2cccc(OC)c2C1. The monoisotopic (exact) mass is 396 g/mol. The van der Waals surface area contributed by atoms with Gasteiger partial charge in [-0.25, -0.2) is 4.39 Å². The number of hydrogen-bond donors (Lipinski definition) is 2. The summed E-state index contributed by atoms with van der Waals surface area (Å²) in [4.78, 5) is 3.23. The van der Waals surface area contributed by atoms with Gasteiger partial charge in [0.2, 0.25) is 0 Å². The average molecular weight is 397 g/mol. The Morgan fingerprint density at radius 3 is 2.97 bits per heavy atom. The van der Waals surface area contributed by atoms with E-state index in [2.05, 4.69) is 11.9 Å². The molecule has 154 valence electrons. The van der Waals surface area contributed by atoms with E-state index in [1.807, 2.05) is 24.4 Å². The van der Waals surface area contributed by atoms with Gasteiger partial charge in [0, 0.05) is 34.1 Å². The third-order valence-electron chi connectivity index (χ3n) is 6.49. The number of hydrogen-bond acceptors (Lipinski definition) is 3. The first-order valence-corrected chi connectivity index (χ1v) is 10.4. The fourth-order valence-corrected chi connectivity index (χ4v) is 4.57. The van der Waals surface area contributed by atoms with E-state index in [1.165, 1.54) is 6.07 Å². The summed E-state index contributed by atoms with van der Waals surface area (Å²) in [6.45, 7) is 2.78. The highest BCUT2D eigenvalue weighted by atomic mass is 19.1. The lowest BCUT2D eigenvalue weighted by atomic mass is 9.74. The lowest BCUT2D eigenvalue weighted by Crippen LogP contribution is -2.51. The number of aryl methyl sites for hydroxylation is 1. The average Bonchev–Trinajstić information content (AvgIpc) is 3.14. The molecule has 1 unspecified atom stereocenters. The number of aromatic nitrogens is 1. The van der Waals surface area contributed by atoms with Gasteiger partial charge in [-0.2, -0.15) is 0 Å². The van der Waals surface area contributed by atoms with Crippen molar-refractivity contribution in [3.05, 3.63) is 59.5 Å². The smallest absolute Gasteiger partial charge is 0.126 e. The fourth-order valence-electron chi connectivity index (χ4n) is 4.57. The zero-order valence-electron chi connectivity index (χ0n) is 17.1. The molecule has 2 atom stereocenters. The Kier molecular flexibility index (Phi) is 5.50. The highest BCUT2D eigenvalue weighted by molar-refractivity contribution is 5.83. The van der Waals surface area contributed by atoms with Crippen LogP contribution in [0, 0.1) is 11.7 Å². The third-order valence-corrected chi connectivity index (χ3v) is 6.49. The van der Waals surface area contributed by atoms with Crippen LogP contribution in [0.15, 0.2) is 42.6 Å². The van der Waals surface area contributed by atoms with E-state index >= 15 is 0 Å². The van der Waals surface area contributed by atoms with Gasteiger partial charge in [-0.15, -0.1) is 0 Å². The van der Waals surface area contributed by atoms with Gasteiger partial charge in [0.1, 0.15) is 17.3 Å². The number of fused-ring (bicyclic) bond motifs is 2. The van der Waals surface area contributed by atoms with Gasteiger partial charge in [-0.3, -0.25) is 0 Å². The predicted octanol–water partition coefficient (Wildman–Crippen LogP) is 5.00. The number of H-pyrrole nitrogens is 1. The summed E-state index contributed by atoms with van der Waals surface area (Å²) in [7, 11) is 1.69. The Morgan fingerprint density at radius 1 is 1.31 bits per heavy atom. The molecule has 0 saturated carbocycles. The summed E-state index contributed by atoms with van der Waals surface area (Å²) in [5.74, 6) is 1.80. The number of rotatable bonds is 7. The van der Waals surface area contributed by atoms with Crippen LogP contribution in [-0.2, 0) is 12.8 Å². The van der Waals surface area contributed by atoms with Gasteiger partial charge in [-0.05, 0) is 68.0 Å². The number of ether oxygens (including phenoxy) is 2. The molecule has 4 rings (SSSR count). The maximum absolute atomic E-state index is 13.6. The molecule has 4 nitrogen and oxygen atoms in total. The van der Waals surface area contributed by atoms with E-state index in [9.17, 15) is 4.39 Å². The minimum Gasteiger partial charge on any atom is -0.496 e. The molecule has 3 aromatic rings. The minimum atomic E-state index is -0.310. The Bertz CT molecular complexity index is 985. The Hall–Kier alpha value is -2.53. The van der Waals surface area contributed by atoms with Crippen LogP contribution >= 0.6 is 0 Å².